The zero-order valence-electron chi connectivity index (χ0n) is 17.8. The van der Waals surface area contributed by atoms with Gasteiger partial charge in [0.05, 0.1) is 12.2 Å². The van der Waals surface area contributed by atoms with Crippen molar-refractivity contribution in [1.82, 2.24) is 14.7 Å². The van der Waals surface area contributed by atoms with Crippen molar-refractivity contribution in [3.05, 3.63) is 59.7 Å². The van der Waals surface area contributed by atoms with Gasteiger partial charge in [0.15, 0.2) is 0 Å². The van der Waals surface area contributed by atoms with Crippen LogP contribution in [-0.2, 0) is 11.3 Å². The molecule has 0 saturated carbocycles. The fraction of sp³-hybridized carbons (Fsp3) is 0.458. The first kappa shape index (κ1) is 20.7. The second kappa shape index (κ2) is 9.49. The van der Waals surface area contributed by atoms with Crippen LogP contribution in [0.15, 0.2) is 48.5 Å². The van der Waals surface area contributed by atoms with Crippen molar-refractivity contribution in [2.45, 2.75) is 13.5 Å². The minimum absolute atomic E-state index is 0.237. The lowest BCUT2D eigenvalue weighted by molar-refractivity contribution is -0.134. The SMILES string of the molecule is Cc1cccc(CN2CCN(C(=O)CN3CCN(c4ccccc4O)CC3)CC2)c1. The number of phenolic OH excluding ortho intramolecular Hbond substituents is 1. The molecule has 2 saturated heterocycles. The number of piperazine rings is 2. The number of anilines is 1. The summed E-state index contributed by atoms with van der Waals surface area (Å²) in [5.41, 5.74) is 3.52. The Morgan fingerprint density at radius 1 is 0.867 bits per heavy atom. The smallest absolute Gasteiger partial charge is 0.236 e. The molecule has 1 amide bonds. The third-order valence-corrected chi connectivity index (χ3v) is 6.17. The molecule has 1 N–H and O–H groups in total. The van der Waals surface area contributed by atoms with Crippen LogP contribution in [0.4, 0.5) is 5.69 Å². The summed E-state index contributed by atoms with van der Waals surface area (Å²) in [5.74, 6) is 0.562. The molecule has 2 aromatic rings. The molecule has 2 fully saturated rings. The highest BCUT2D eigenvalue weighted by Crippen LogP contribution is 2.27. The van der Waals surface area contributed by atoms with Gasteiger partial charge >= 0.3 is 0 Å². The first-order chi connectivity index (χ1) is 14.6. The summed E-state index contributed by atoms with van der Waals surface area (Å²) in [7, 11) is 0. The minimum Gasteiger partial charge on any atom is -0.506 e. The molecule has 160 valence electrons. The van der Waals surface area contributed by atoms with Crippen molar-refractivity contribution in [1.29, 1.82) is 0 Å². The first-order valence-electron chi connectivity index (χ1n) is 10.9. The van der Waals surface area contributed by atoms with Crippen LogP contribution >= 0.6 is 0 Å². The van der Waals surface area contributed by atoms with E-state index in [1.54, 1.807) is 6.07 Å². The van der Waals surface area contributed by atoms with Crippen molar-refractivity contribution >= 4 is 11.6 Å². The average Bonchev–Trinajstić information content (AvgIpc) is 2.75. The van der Waals surface area contributed by atoms with Gasteiger partial charge in [0.25, 0.3) is 0 Å². The van der Waals surface area contributed by atoms with Gasteiger partial charge in [-0.1, -0.05) is 42.0 Å². The monoisotopic (exact) mass is 408 g/mol. The largest absolute Gasteiger partial charge is 0.506 e. The Morgan fingerprint density at radius 3 is 2.27 bits per heavy atom. The highest BCUT2D eigenvalue weighted by Gasteiger charge is 2.25. The molecule has 2 aromatic carbocycles. The average molecular weight is 409 g/mol. The van der Waals surface area contributed by atoms with Crippen molar-refractivity contribution in [3.63, 3.8) is 0 Å². The number of carbonyl (C=O) groups excluding carboxylic acids is 1. The molecule has 6 heteroatoms. The minimum atomic E-state index is 0.237. The summed E-state index contributed by atoms with van der Waals surface area (Å²) < 4.78 is 0. The van der Waals surface area contributed by atoms with Gasteiger partial charge < -0.3 is 14.9 Å². The summed E-state index contributed by atoms with van der Waals surface area (Å²) in [5, 5.41) is 10.1. The molecule has 0 aromatic heterocycles. The normalized spacial score (nSPS) is 18.6. The van der Waals surface area contributed by atoms with E-state index in [1.807, 2.05) is 23.1 Å². The molecule has 0 unspecified atom stereocenters. The highest BCUT2D eigenvalue weighted by molar-refractivity contribution is 5.78. The number of hydrogen-bond acceptors (Lipinski definition) is 5. The molecule has 2 aliphatic heterocycles. The molecule has 0 radical (unpaired) electrons. The standard InChI is InChI=1S/C24H32N4O2/c1-20-5-4-6-21(17-20)18-25-11-15-28(16-12-25)24(30)19-26-9-13-27(14-10-26)22-7-2-3-8-23(22)29/h2-8,17,29H,9-16,18-19H2,1H3. The maximum absolute atomic E-state index is 12.8. The molecule has 30 heavy (non-hydrogen) atoms. The summed E-state index contributed by atoms with van der Waals surface area (Å²) >= 11 is 0. The molecule has 0 aliphatic carbocycles. The van der Waals surface area contributed by atoms with Crippen LogP contribution in [0.2, 0.25) is 0 Å². The van der Waals surface area contributed by atoms with E-state index in [9.17, 15) is 9.90 Å². The van der Waals surface area contributed by atoms with Gasteiger partial charge in [-0.3, -0.25) is 14.6 Å². The Bertz CT molecular complexity index is 856. The van der Waals surface area contributed by atoms with E-state index in [0.717, 1.165) is 64.6 Å². The number of hydrogen-bond donors (Lipinski definition) is 1. The van der Waals surface area contributed by atoms with Crippen LogP contribution in [0.1, 0.15) is 11.1 Å². The van der Waals surface area contributed by atoms with E-state index in [0.29, 0.717) is 12.3 Å². The number of amides is 1. The lowest BCUT2D eigenvalue weighted by atomic mass is 10.1. The number of benzene rings is 2. The first-order valence-corrected chi connectivity index (χ1v) is 10.9. The number of aromatic hydroxyl groups is 1. The van der Waals surface area contributed by atoms with Crippen LogP contribution in [0.5, 0.6) is 5.75 Å². The fourth-order valence-corrected chi connectivity index (χ4v) is 4.39. The predicted molar refractivity (Wildman–Crippen MR) is 120 cm³/mol. The Hall–Kier alpha value is -2.57. The Kier molecular flexibility index (Phi) is 6.55. The zero-order valence-corrected chi connectivity index (χ0v) is 17.8. The van der Waals surface area contributed by atoms with Gasteiger partial charge in [-0.05, 0) is 24.6 Å². The van der Waals surface area contributed by atoms with Gasteiger partial charge in [-0.2, -0.15) is 0 Å². The summed E-state index contributed by atoms with van der Waals surface area (Å²) in [6.07, 6.45) is 0. The van der Waals surface area contributed by atoms with E-state index < -0.39 is 0 Å². The predicted octanol–water partition coefficient (Wildman–Crippen LogP) is 2.17. The molecule has 6 nitrogen and oxygen atoms in total. The van der Waals surface area contributed by atoms with Crippen molar-refractivity contribution < 1.29 is 9.90 Å². The highest BCUT2D eigenvalue weighted by atomic mass is 16.3. The summed E-state index contributed by atoms with van der Waals surface area (Å²) in [4.78, 5) is 21.7. The van der Waals surface area contributed by atoms with Crippen LogP contribution in [0.3, 0.4) is 0 Å². The van der Waals surface area contributed by atoms with Crippen LogP contribution in [-0.4, -0.2) is 84.6 Å². The van der Waals surface area contributed by atoms with Crippen LogP contribution in [0, 0.1) is 6.92 Å². The van der Waals surface area contributed by atoms with E-state index in [2.05, 4.69) is 45.9 Å². The van der Waals surface area contributed by atoms with E-state index in [1.165, 1.54) is 11.1 Å². The second-order valence-electron chi connectivity index (χ2n) is 8.40. The van der Waals surface area contributed by atoms with Crippen LogP contribution < -0.4 is 4.90 Å². The Morgan fingerprint density at radius 2 is 1.57 bits per heavy atom. The molecule has 2 aliphatic rings. The maximum atomic E-state index is 12.8. The van der Waals surface area contributed by atoms with Crippen molar-refractivity contribution in [3.8, 4) is 5.75 Å². The maximum Gasteiger partial charge on any atom is 0.236 e. The lowest BCUT2D eigenvalue weighted by Crippen LogP contribution is -2.53. The van der Waals surface area contributed by atoms with Crippen molar-refractivity contribution in [2.75, 3.05) is 63.8 Å². The van der Waals surface area contributed by atoms with E-state index in [4.69, 9.17) is 0 Å². The number of para-hydroxylation sites is 2. The second-order valence-corrected chi connectivity index (χ2v) is 8.40. The van der Waals surface area contributed by atoms with Gasteiger partial charge in [-0.15, -0.1) is 0 Å². The molecule has 0 spiro atoms. The number of rotatable bonds is 5. The molecule has 2 heterocycles. The number of aryl methyl sites for hydroxylation is 1. The van der Waals surface area contributed by atoms with Gasteiger partial charge in [0.2, 0.25) is 5.91 Å². The number of nitrogens with zero attached hydrogens (tertiary/aromatic N) is 4. The topological polar surface area (TPSA) is 50.3 Å². The Balaban J connectivity index is 1.20. The van der Waals surface area contributed by atoms with Gasteiger partial charge in [0, 0.05) is 58.9 Å². The molecule has 4 rings (SSSR count). The van der Waals surface area contributed by atoms with Crippen LogP contribution in [0.25, 0.3) is 0 Å². The summed E-state index contributed by atoms with van der Waals surface area (Å²) in [6, 6.07) is 16.1. The third kappa shape index (κ3) is 5.12. The quantitative estimate of drug-likeness (QED) is 0.822. The Labute approximate surface area is 179 Å². The molecular formula is C24H32N4O2. The third-order valence-electron chi connectivity index (χ3n) is 6.17. The number of carbonyl (C=O) groups is 1. The molecular weight excluding hydrogens is 376 g/mol. The van der Waals surface area contributed by atoms with E-state index in [-0.39, 0.29) is 5.91 Å². The molecule has 0 atom stereocenters. The molecule has 0 bridgehead atoms. The summed E-state index contributed by atoms with van der Waals surface area (Å²) in [6.45, 7) is 10.4. The van der Waals surface area contributed by atoms with Gasteiger partial charge in [0.1, 0.15) is 5.75 Å². The lowest BCUT2D eigenvalue weighted by Gasteiger charge is -2.38. The van der Waals surface area contributed by atoms with Gasteiger partial charge in [-0.25, -0.2) is 0 Å². The fourth-order valence-electron chi connectivity index (χ4n) is 4.39. The zero-order chi connectivity index (χ0) is 20.9. The number of phenols is 1. The van der Waals surface area contributed by atoms with Crippen molar-refractivity contribution in [2.24, 2.45) is 0 Å². The van der Waals surface area contributed by atoms with E-state index >= 15 is 0 Å².